The van der Waals surface area contributed by atoms with Crippen LogP contribution in [0.2, 0.25) is 0 Å². The van der Waals surface area contributed by atoms with Crippen molar-refractivity contribution in [1.29, 1.82) is 0 Å². The number of fused-ring (bicyclic) bond motifs is 1. The predicted molar refractivity (Wildman–Crippen MR) is 118 cm³/mol. The zero-order chi connectivity index (χ0) is 21.1. The van der Waals surface area contributed by atoms with Crippen LogP contribution < -0.4 is 20.5 Å². The molecule has 158 valence electrons. The molecule has 1 aliphatic rings. The lowest BCUT2D eigenvalue weighted by molar-refractivity contribution is 0.132. The smallest absolute Gasteiger partial charge is 0.258 e. The Morgan fingerprint density at radius 2 is 2.10 bits per heavy atom. The number of nitrogens with zero attached hydrogens (tertiary/aromatic N) is 3. The maximum absolute atomic E-state index is 12.9. The summed E-state index contributed by atoms with van der Waals surface area (Å²) in [6, 6.07) is 11.8. The van der Waals surface area contributed by atoms with Crippen LogP contribution in [0, 0.1) is 0 Å². The van der Waals surface area contributed by atoms with Gasteiger partial charge in [0.15, 0.2) is 0 Å². The SMILES string of the molecule is CCOCc1cc(-c2cc(=O)n3cc(N4CCN[C@@H](C)C4)ccc3n2)ccc1OC. The molecule has 1 saturated heterocycles. The normalized spacial score (nSPS) is 16.8. The number of anilines is 1. The van der Waals surface area contributed by atoms with Crippen LogP contribution in [0.15, 0.2) is 47.4 Å². The molecule has 2 aromatic heterocycles. The quantitative estimate of drug-likeness (QED) is 0.677. The largest absolute Gasteiger partial charge is 0.496 e. The first kappa shape index (κ1) is 20.4. The van der Waals surface area contributed by atoms with Crippen molar-refractivity contribution < 1.29 is 9.47 Å². The number of aromatic nitrogens is 2. The summed E-state index contributed by atoms with van der Waals surface area (Å²) < 4.78 is 12.6. The van der Waals surface area contributed by atoms with E-state index in [0.29, 0.717) is 30.6 Å². The Morgan fingerprint density at radius 1 is 1.23 bits per heavy atom. The third-order valence-corrected chi connectivity index (χ3v) is 5.42. The maximum atomic E-state index is 12.9. The van der Waals surface area contributed by atoms with Crippen molar-refractivity contribution >= 4 is 11.3 Å². The van der Waals surface area contributed by atoms with E-state index >= 15 is 0 Å². The second kappa shape index (κ2) is 8.85. The van der Waals surface area contributed by atoms with Gasteiger partial charge >= 0.3 is 0 Å². The Kier molecular flexibility index (Phi) is 6.01. The molecule has 1 aliphatic heterocycles. The van der Waals surface area contributed by atoms with Crippen LogP contribution in [0.25, 0.3) is 16.9 Å². The molecule has 0 saturated carbocycles. The summed E-state index contributed by atoms with van der Waals surface area (Å²) in [5.41, 5.74) is 4.01. The number of methoxy groups -OCH3 is 1. The second-order valence-electron chi connectivity index (χ2n) is 7.56. The standard InChI is InChI=1S/C23H28N4O3/c1-4-30-15-18-11-17(5-7-21(18)29-3)20-12-23(28)27-14-19(6-8-22(27)25-20)26-10-9-24-16(2)13-26/h5-8,11-12,14,16,24H,4,9-10,13,15H2,1-3H3/t16-/m0/s1. The number of pyridine rings is 1. The fourth-order valence-corrected chi connectivity index (χ4v) is 3.86. The molecule has 3 aromatic rings. The van der Waals surface area contributed by atoms with Gasteiger partial charge in [0.2, 0.25) is 0 Å². The van der Waals surface area contributed by atoms with Gasteiger partial charge in [0, 0.05) is 55.7 Å². The molecule has 0 bridgehead atoms. The van der Waals surface area contributed by atoms with Crippen LogP contribution >= 0.6 is 0 Å². The first-order valence-corrected chi connectivity index (χ1v) is 10.4. The third kappa shape index (κ3) is 4.17. The Labute approximate surface area is 176 Å². The summed E-state index contributed by atoms with van der Waals surface area (Å²) in [5.74, 6) is 0.764. The number of benzene rings is 1. The molecule has 1 atom stereocenters. The predicted octanol–water partition coefficient (Wildman–Crippen LogP) is 2.70. The summed E-state index contributed by atoms with van der Waals surface area (Å²) in [6.45, 7) is 7.97. The van der Waals surface area contributed by atoms with Crippen molar-refractivity contribution in [2.75, 3.05) is 38.3 Å². The van der Waals surface area contributed by atoms with Gasteiger partial charge in [-0.25, -0.2) is 4.98 Å². The molecule has 0 spiro atoms. The van der Waals surface area contributed by atoms with E-state index in [1.54, 1.807) is 17.6 Å². The number of nitrogens with one attached hydrogen (secondary N) is 1. The Hall–Kier alpha value is -2.90. The van der Waals surface area contributed by atoms with Gasteiger partial charge in [0.25, 0.3) is 5.56 Å². The van der Waals surface area contributed by atoms with E-state index in [-0.39, 0.29) is 5.56 Å². The third-order valence-electron chi connectivity index (χ3n) is 5.42. The summed E-state index contributed by atoms with van der Waals surface area (Å²) in [4.78, 5) is 19.9. The van der Waals surface area contributed by atoms with E-state index < -0.39 is 0 Å². The minimum absolute atomic E-state index is 0.0952. The number of ether oxygens (including phenoxy) is 2. The summed E-state index contributed by atoms with van der Waals surface area (Å²) in [5, 5.41) is 3.44. The molecule has 3 heterocycles. The average Bonchev–Trinajstić information content (AvgIpc) is 2.77. The minimum atomic E-state index is -0.0952. The summed E-state index contributed by atoms with van der Waals surface area (Å²) >= 11 is 0. The van der Waals surface area contributed by atoms with E-state index in [1.165, 1.54) is 0 Å². The van der Waals surface area contributed by atoms with Crippen LogP contribution in [-0.4, -0.2) is 48.8 Å². The first-order valence-electron chi connectivity index (χ1n) is 10.4. The van der Waals surface area contributed by atoms with Gasteiger partial charge < -0.3 is 19.7 Å². The molecular weight excluding hydrogens is 380 g/mol. The van der Waals surface area contributed by atoms with E-state index in [2.05, 4.69) is 17.1 Å². The first-order chi connectivity index (χ1) is 14.6. The number of hydrogen-bond acceptors (Lipinski definition) is 6. The Morgan fingerprint density at radius 3 is 2.87 bits per heavy atom. The van der Waals surface area contributed by atoms with E-state index in [9.17, 15) is 4.79 Å². The van der Waals surface area contributed by atoms with Crippen molar-refractivity contribution in [3.8, 4) is 17.0 Å². The molecular formula is C23H28N4O3. The molecule has 0 aliphatic carbocycles. The van der Waals surface area contributed by atoms with Crippen molar-refractivity contribution in [1.82, 2.24) is 14.7 Å². The monoisotopic (exact) mass is 408 g/mol. The lowest BCUT2D eigenvalue weighted by Gasteiger charge is -2.33. The zero-order valence-corrected chi connectivity index (χ0v) is 17.7. The van der Waals surface area contributed by atoms with Crippen LogP contribution in [0.3, 0.4) is 0 Å². The summed E-state index contributed by atoms with van der Waals surface area (Å²) in [6.07, 6.45) is 1.89. The molecule has 1 fully saturated rings. The highest BCUT2D eigenvalue weighted by atomic mass is 16.5. The lowest BCUT2D eigenvalue weighted by Crippen LogP contribution is -2.49. The number of hydrogen-bond donors (Lipinski definition) is 1. The Bertz CT molecular complexity index is 1100. The average molecular weight is 409 g/mol. The van der Waals surface area contributed by atoms with Gasteiger partial charge in [0.05, 0.1) is 25.1 Å². The van der Waals surface area contributed by atoms with Gasteiger partial charge in [-0.2, -0.15) is 0 Å². The van der Waals surface area contributed by atoms with Crippen LogP contribution in [0.5, 0.6) is 5.75 Å². The molecule has 30 heavy (non-hydrogen) atoms. The number of piperazine rings is 1. The van der Waals surface area contributed by atoms with E-state index in [0.717, 1.165) is 42.2 Å². The van der Waals surface area contributed by atoms with Gasteiger partial charge in [0.1, 0.15) is 11.4 Å². The minimum Gasteiger partial charge on any atom is -0.496 e. The molecule has 1 N–H and O–H groups in total. The molecule has 7 nitrogen and oxygen atoms in total. The molecule has 4 rings (SSSR count). The molecule has 0 unspecified atom stereocenters. The highest BCUT2D eigenvalue weighted by molar-refractivity contribution is 5.65. The molecule has 0 amide bonds. The lowest BCUT2D eigenvalue weighted by atomic mass is 10.1. The zero-order valence-electron chi connectivity index (χ0n) is 17.7. The van der Waals surface area contributed by atoms with Crippen molar-refractivity contribution in [2.24, 2.45) is 0 Å². The summed E-state index contributed by atoms with van der Waals surface area (Å²) in [7, 11) is 1.64. The molecule has 1 aromatic carbocycles. The molecule has 7 heteroatoms. The van der Waals surface area contributed by atoms with Crippen molar-refractivity contribution in [2.45, 2.75) is 26.5 Å². The van der Waals surface area contributed by atoms with Gasteiger partial charge in [-0.05, 0) is 44.2 Å². The van der Waals surface area contributed by atoms with Crippen molar-refractivity contribution in [3.63, 3.8) is 0 Å². The maximum Gasteiger partial charge on any atom is 0.258 e. The van der Waals surface area contributed by atoms with Gasteiger partial charge in [-0.15, -0.1) is 0 Å². The highest BCUT2D eigenvalue weighted by Crippen LogP contribution is 2.26. The van der Waals surface area contributed by atoms with Crippen LogP contribution in [-0.2, 0) is 11.3 Å². The Balaban J connectivity index is 1.70. The van der Waals surface area contributed by atoms with E-state index in [4.69, 9.17) is 14.5 Å². The second-order valence-corrected chi connectivity index (χ2v) is 7.56. The number of rotatable bonds is 6. The van der Waals surface area contributed by atoms with E-state index in [1.807, 2.05) is 43.5 Å². The fraction of sp³-hybridized carbons (Fsp3) is 0.391. The van der Waals surface area contributed by atoms with Crippen LogP contribution in [0.1, 0.15) is 19.4 Å². The van der Waals surface area contributed by atoms with Gasteiger partial charge in [-0.3, -0.25) is 9.20 Å². The fourth-order valence-electron chi connectivity index (χ4n) is 3.86. The van der Waals surface area contributed by atoms with Gasteiger partial charge in [-0.1, -0.05) is 0 Å². The highest BCUT2D eigenvalue weighted by Gasteiger charge is 2.17. The van der Waals surface area contributed by atoms with Crippen molar-refractivity contribution in [3.05, 3.63) is 58.5 Å². The molecule has 0 radical (unpaired) electrons. The van der Waals surface area contributed by atoms with Crippen LogP contribution in [0.4, 0.5) is 5.69 Å². The topological polar surface area (TPSA) is 68.1 Å².